The van der Waals surface area contributed by atoms with Gasteiger partial charge in [-0.15, -0.1) is 0 Å². The quantitative estimate of drug-likeness (QED) is 0.731. The molecular weight excluding hydrogens is 198 g/mol. The molecule has 0 amide bonds. The first kappa shape index (κ1) is 12.4. The van der Waals surface area contributed by atoms with Crippen molar-refractivity contribution in [1.82, 2.24) is 4.90 Å². The van der Waals surface area contributed by atoms with E-state index in [1.165, 1.54) is 38.6 Å². The van der Waals surface area contributed by atoms with Gasteiger partial charge in [-0.3, -0.25) is 4.90 Å². The van der Waals surface area contributed by atoms with Crippen LogP contribution in [-0.4, -0.2) is 35.2 Å². The standard InChI is InChI=1S/C14H27NO/c1-5-12-7-9-14(8-6-10-15(12)14)11-16-13(2,3)4/h12H,5-11H2,1-4H3/t12-,14-/m0/s1. The molecule has 0 unspecified atom stereocenters. The fraction of sp³-hybridized carbons (Fsp3) is 1.00. The molecule has 2 rings (SSSR count). The lowest BCUT2D eigenvalue weighted by atomic mass is 9.95. The Labute approximate surface area is 100 Å². The van der Waals surface area contributed by atoms with Crippen LogP contribution >= 0.6 is 0 Å². The Balaban J connectivity index is 2.01. The van der Waals surface area contributed by atoms with Gasteiger partial charge in [-0.05, 0) is 59.4 Å². The average Bonchev–Trinajstić information content (AvgIpc) is 2.71. The molecule has 0 saturated carbocycles. The van der Waals surface area contributed by atoms with Crippen LogP contribution in [0.2, 0.25) is 0 Å². The first-order valence-corrected chi connectivity index (χ1v) is 6.88. The van der Waals surface area contributed by atoms with E-state index in [1.54, 1.807) is 0 Å². The normalized spacial score (nSPS) is 35.6. The van der Waals surface area contributed by atoms with E-state index in [-0.39, 0.29) is 5.60 Å². The summed E-state index contributed by atoms with van der Waals surface area (Å²) in [7, 11) is 0. The van der Waals surface area contributed by atoms with Crippen molar-refractivity contribution in [2.45, 2.75) is 77.0 Å². The Morgan fingerprint density at radius 1 is 1.31 bits per heavy atom. The SMILES string of the molecule is CC[C@H]1CC[C@]2(COC(C)(C)C)CCCN12. The largest absolute Gasteiger partial charge is 0.374 e. The fourth-order valence-corrected chi connectivity index (χ4v) is 3.39. The highest BCUT2D eigenvalue weighted by Gasteiger charge is 2.48. The monoisotopic (exact) mass is 225 g/mol. The maximum atomic E-state index is 6.07. The molecule has 0 aliphatic carbocycles. The highest BCUT2D eigenvalue weighted by atomic mass is 16.5. The summed E-state index contributed by atoms with van der Waals surface area (Å²) < 4.78 is 6.07. The molecule has 2 atom stereocenters. The third-order valence-corrected chi connectivity index (χ3v) is 4.28. The number of fused-ring (bicyclic) bond motifs is 1. The minimum absolute atomic E-state index is 0.00725. The molecule has 0 aromatic heterocycles. The summed E-state index contributed by atoms with van der Waals surface area (Å²) in [6, 6.07) is 0.825. The predicted molar refractivity (Wildman–Crippen MR) is 67.7 cm³/mol. The van der Waals surface area contributed by atoms with Gasteiger partial charge in [0.15, 0.2) is 0 Å². The van der Waals surface area contributed by atoms with Crippen LogP contribution < -0.4 is 0 Å². The van der Waals surface area contributed by atoms with Gasteiger partial charge in [0.05, 0.1) is 12.2 Å². The lowest BCUT2D eigenvalue weighted by Gasteiger charge is -2.37. The molecule has 0 spiro atoms. The number of hydrogen-bond acceptors (Lipinski definition) is 2. The van der Waals surface area contributed by atoms with Crippen molar-refractivity contribution in [2.75, 3.05) is 13.2 Å². The predicted octanol–water partition coefficient (Wildman–Crippen LogP) is 3.21. The summed E-state index contributed by atoms with van der Waals surface area (Å²) >= 11 is 0. The second-order valence-corrected chi connectivity index (χ2v) is 6.52. The highest BCUT2D eigenvalue weighted by Crippen LogP contribution is 2.43. The van der Waals surface area contributed by atoms with Crippen LogP contribution in [-0.2, 0) is 4.74 Å². The lowest BCUT2D eigenvalue weighted by Crippen LogP contribution is -2.47. The second-order valence-electron chi connectivity index (χ2n) is 6.52. The minimum atomic E-state index is 0.00725. The average molecular weight is 225 g/mol. The van der Waals surface area contributed by atoms with Crippen molar-refractivity contribution in [3.63, 3.8) is 0 Å². The Morgan fingerprint density at radius 3 is 2.69 bits per heavy atom. The Kier molecular flexibility index (Phi) is 3.33. The van der Waals surface area contributed by atoms with Gasteiger partial charge < -0.3 is 4.74 Å². The maximum absolute atomic E-state index is 6.07. The van der Waals surface area contributed by atoms with E-state index in [9.17, 15) is 0 Å². The zero-order valence-corrected chi connectivity index (χ0v) is 11.4. The Bertz CT molecular complexity index is 246. The van der Waals surface area contributed by atoms with Crippen molar-refractivity contribution >= 4 is 0 Å². The van der Waals surface area contributed by atoms with E-state index >= 15 is 0 Å². The smallest absolute Gasteiger partial charge is 0.0657 e. The zero-order chi connectivity index (χ0) is 11.8. The highest BCUT2D eigenvalue weighted by molar-refractivity contribution is 5.04. The molecule has 2 aliphatic rings. The van der Waals surface area contributed by atoms with Gasteiger partial charge in [-0.2, -0.15) is 0 Å². The van der Waals surface area contributed by atoms with Crippen molar-refractivity contribution in [2.24, 2.45) is 0 Å². The van der Waals surface area contributed by atoms with Crippen LogP contribution in [0.4, 0.5) is 0 Å². The van der Waals surface area contributed by atoms with Crippen LogP contribution in [0.1, 0.15) is 59.8 Å². The molecule has 0 radical (unpaired) electrons. The molecule has 0 aromatic carbocycles. The summed E-state index contributed by atoms with van der Waals surface area (Å²) in [5.41, 5.74) is 0.404. The van der Waals surface area contributed by atoms with E-state index < -0.39 is 0 Å². The second kappa shape index (κ2) is 4.30. The minimum Gasteiger partial charge on any atom is -0.374 e. The first-order chi connectivity index (χ1) is 7.47. The topological polar surface area (TPSA) is 12.5 Å². The molecule has 0 bridgehead atoms. The van der Waals surface area contributed by atoms with E-state index in [0.29, 0.717) is 5.54 Å². The summed E-state index contributed by atoms with van der Waals surface area (Å²) in [4.78, 5) is 2.75. The molecule has 0 aromatic rings. The van der Waals surface area contributed by atoms with E-state index in [1.807, 2.05) is 0 Å². The van der Waals surface area contributed by atoms with Gasteiger partial charge >= 0.3 is 0 Å². The number of rotatable bonds is 3. The lowest BCUT2D eigenvalue weighted by molar-refractivity contribution is -0.0568. The van der Waals surface area contributed by atoms with Crippen molar-refractivity contribution in [1.29, 1.82) is 0 Å². The number of hydrogen-bond donors (Lipinski definition) is 0. The van der Waals surface area contributed by atoms with Gasteiger partial charge in [-0.25, -0.2) is 0 Å². The van der Waals surface area contributed by atoms with E-state index in [2.05, 4.69) is 32.6 Å². The fourth-order valence-electron chi connectivity index (χ4n) is 3.39. The third kappa shape index (κ3) is 2.28. The van der Waals surface area contributed by atoms with Crippen LogP contribution in [0, 0.1) is 0 Å². The van der Waals surface area contributed by atoms with Gasteiger partial charge in [0.25, 0.3) is 0 Å². The van der Waals surface area contributed by atoms with Gasteiger partial charge in [0.1, 0.15) is 0 Å². The van der Waals surface area contributed by atoms with Crippen molar-refractivity contribution in [3.05, 3.63) is 0 Å². The van der Waals surface area contributed by atoms with E-state index in [4.69, 9.17) is 4.74 Å². The van der Waals surface area contributed by atoms with Gasteiger partial charge in [0.2, 0.25) is 0 Å². The van der Waals surface area contributed by atoms with Crippen LogP contribution in [0.15, 0.2) is 0 Å². The Hall–Kier alpha value is -0.0800. The molecule has 2 fully saturated rings. The van der Waals surface area contributed by atoms with Crippen LogP contribution in [0.25, 0.3) is 0 Å². The van der Waals surface area contributed by atoms with Crippen LogP contribution in [0.3, 0.4) is 0 Å². The molecule has 2 heteroatoms. The number of nitrogens with zero attached hydrogens (tertiary/aromatic N) is 1. The zero-order valence-electron chi connectivity index (χ0n) is 11.4. The molecule has 0 N–H and O–H groups in total. The van der Waals surface area contributed by atoms with Gasteiger partial charge in [0, 0.05) is 11.6 Å². The molecule has 2 aliphatic heterocycles. The van der Waals surface area contributed by atoms with E-state index in [0.717, 1.165) is 12.6 Å². The molecule has 16 heavy (non-hydrogen) atoms. The van der Waals surface area contributed by atoms with Crippen molar-refractivity contribution in [3.8, 4) is 0 Å². The summed E-state index contributed by atoms with van der Waals surface area (Å²) in [5, 5.41) is 0. The third-order valence-electron chi connectivity index (χ3n) is 4.28. The maximum Gasteiger partial charge on any atom is 0.0657 e. The summed E-state index contributed by atoms with van der Waals surface area (Å²) in [6.45, 7) is 11.0. The first-order valence-electron chi connectivity index (χ1n) is 6.88. The molecular formula is C14H27NO. The number of ether oxygens (including phenoxy) is 1. The molecule has 2 heterocycles. The molecule has 2 saturated heterocycles. The molecule has 2 nitrogen and oxygen atoms in total. The Morgan fingerprint density at radius 2 is 2.06 bits per heavy atom. The van der Waals surface area contributed by atoms with Crippen molar-refractivity contribution < 1.29 is 4.74 Å². The molecule has 94 valence electrons. The summed E-state index contributed by atoms with van der Waals surface area (Å²) in [6.07, 6.45) is 6.74. The van der Waals surface area contributed by atoms with Crippen LogP contribution in [0.5, 0.6) is 0 Å². The van der Waals surface area contributed by atoms with Gasteiger partial charge in [-0.1, -0.05) is 6.92 Å². The summed E-state index contributed by atoms with van der Waals surface area (Å²) in [5.74, 6) is 0.